The van der Waals surface area contributed by atoms with Crippen molar-refractivity contribution in [2.24, 2.45) is 0 Å². The van der Waals surface area contributed by atoms with Crippen LogP contribution in [0.5, 0.6) is 0 Å². The van der Waals surface area contributed by atoms with Gasteiger partial charge in [0, 0.05) is 32.4 Å². The Bertz CT molecular complexity index is 1230. The van der Waals surface area contributed by atoms with Crippen LogP contribution in [0.15, 0.2) is 83.8 Å². The fourth-order valence-corrected chi connectivity index (χ4v) is 5.34. The minimum Gasteiger partial charge on any atom is -0.336 e. The molecule has 0 N–H and O–H groups in total. The summed E-state index contributed by atoms with van der Waals surface area (Å²) >= 11 is 0. The van der Waals surface area contributed by atoms with Gasteiger partial charge in [-0.2, -0.15) is 4.31 Å². The number of hydrogen-bond donors (Lipinski definition) is 0. The number of sulfonamides is 1. The van der Waals surface area contributed by atoms with Gasteiger partial charge in [-0.3, -0.25) is 9.59 Å². The van der Waals surface area contributed by atoms with Gasteiger partial charge in [0.25, 0.3) is 11.5 Å². The van der Waals surface area contributed by atoms with Crippen LogP contribution in [-0.4, -0.2) is 54.3 Å². The molecular weight excluding hydrogens is 426 g/mol. The van der Waals surface area contributed by atoms with Crippen LogP contribution in [-0.2, 0) is 22.3 Å². The molecule has 32 heavy (non-hydrogen) atoms. The first-order valence-electron chi connectivity index (χ1n) is 10.5. The molecule has 4 rings (SSSR count). The van der Waals surface area contributed by atoms with E-state index in [-0.39, 0.29) is 49.0 Å². The van der Waals surface area contributed by atoms with Crippen molar-refractivity contribution in [3.05, 3.63) is 106 Å². The number of rotatable bonds is 6. The Hall–Kier alpha value is -3.23. The van der Waals surface area contributed by atoms with Crippen LogP contribution in [0.25, 0.3) is 0 Å². The third-order valence-corrected chi connectivity index (χ3v) is 7.41. The lowest BCUT2D eigenvalue weighted by atomic mass is 10.2. The molecule has 166 valence electrons. The summed E-state index contributed by atoms with van der Waals surface area (Å²) < 4.78 is 28.4. The average Bonchev–Trinajstić information content (AvgIpc) is 2.81. The van der Waals surface area contributed by atoms with Crippen LogP contribution in [0.4, 0.5) is 0 Å². The van der Waals surface area contributed by atoms with Gasteiger partial charge in [-0.1, -0.05) is 60.7 Å². The Labute approximate surface area is 187 Å². The second-order valence-electron chi connectivity index (χ2n) is 7.77. The Morgan fingerprint density at radius 2 is 1.38 bits per heavy atom. The van der Waals surface area contributed by atoms with Crippen molar-refractivity contribution in [2.45, 2.75) is 12.3 Å². The number of benzene rings is 2. The summed E-state index contributed by atoms with van der Waals surface area (Å²) in [5.41, 5.74) is 1.45. The van der Waals surface area contributed by atoms with E-state index in [0.717, 1.165) is 11.1 Å². The van der Waals surface area contributed by atoms with Crippen molar-refractivity contribution in [1.29, 1.82) is 0 Å². The Morgan fingerprint density at radius 3 is 2.00 bits per heavy atom. The molecule has 0 bridgehead atoms. The molecule has 0 unspecified atom stereocenters. The number of nitrogens with zero attached hydrogens (tertiary/aromatic N) is 3. The van der Waals surface area contributed by atoms with E-state index in [9.17, 15) is 18.0 Å². The lowest BCUT2D eigenvalue weighted by molar-refractivity contribution is 0.0695. The number of carbonyl (C=O) groups is 1. The predicted molar refractivity (Wildman–Crippen MR) is 123 cm³/mol. The topological polar surface area (TPSA) is 79.7 Å². The van der Waals surface area contributed by atoms with E-state index < -0.39 is 10.0 Å². The van der Waals surface area contributed by atoms with E-state index in [1.807, 2.05) is 48.5 Å². The van der Waals surface area contributed by atoms with Gasteiger partial charge >= 0.3 is 0 Å². The SMILES string of the molecule is O=C(c1cccn(Cc2ccccc2)c1=O)N1CCN(S(=O)(=O)Cc2ccccc2)CC1. The van der Waals surface area contributed by atoms with Gasteiger partial charge < -0.3 is 9.47 Å². The lowest BCUT2D eigenvalue weighted by Crippen LogP contribution is -2.51. The quantitative estimate of drug-likeness (QED) is 0.576. The van der Waals surface area contributed by atoms with Crippen molar-refractivity contribution in [1.82, 2.24) is 13.8 Å². The number of aromatic nitrogens is 1. The third kappa shape index (κ3) is 4.98. The van der Waals surface area contributed by atoms with E-state index in [0.29, 0.717) is 6.54 Å². The number of hydrogen-bond acceptors (Lipinski definition) is 4. The molecule has 8 heteroatoms. The van der Waals surface area contributed by atoms with Crippen molar-refractivity contribution in [3.63, 3.8) is 0 Å². The maximum atomic E-state index is 13.0. The molecule has 1 aliphatic rings. The summed E-state index contributed by atoms with van der Waals surface area (Å²) in [6, 6.07) is 21.8. The molecule has 0 saturated carbocycles. The molecule has 0 atom stereocenters. The second kappa shape index (κ2) is 9.50. The summed E-state index contributed by atoms with van der Waals surface area (Å²) in [6.07, 6.45) is 1.67. The van der Waals surface area contributed by atoms with E-state index in [1.165, 1.54) is 14.9 Å². The molecule has 7 nitrogen and oxygen atoms in total. The van der Waals surface area contributed by atoms with Gasteiger partial charge in [0.1, 0.15) is 5.56 Å². The molecule has 2 aromatic carbocycles. The Morgan fingerprint density at radius 1 is 0.781 bits per heavy atom. The molecule has 1 aliphatic heterocycles. The number of piperazine rings is 1. The summed E-state index contributed by atoms with van der Waals surface area (Å²) in [5.74, 6) is -0.428. The highest BCUT2D eigenvalue weighted by Gasteiger charge is 2.30. The van der Waals surface area contributed by atoms with Crippen molar-refractivity contribution < 1.29 is 13.2 Å². The Kier molecular flexibility index (Phi) is 6.53. The van der Waals surface area contributed by atoms with Gasteiger partial charge in [0.2, 0.25) is 10.0 Å². The highest BCUT2D eigenvalue weighted by atomic mass is 32.2. The largest absolute Gasteiger partial charge is 0.336 e. The lowest BCUT2D eigenvalue weighted by Gasteiger charge is -2.34. The number of carbonyl (C=O) groups excluding carboxylic acids is 1. The van der Waals surface area contributed by atoms with Gasteiger partial charge in [-0.05, 0) is 23.3 Å². The third-order valence-electron chi connectivity index (χ3n) is 5.56. The molecule has 1 saturated heterocycles. The predicted octanol–water partition coefficient (Wildman–Crippen LogP) is 2.18. The molecule has 3 aromatic rings. The zero-order valence-electron chi connectivity index (χ0n) is 17.6. The highest BCUT2D eigenvalue weighted by molar-refractivity contribution is 7.88. The molecule has 0 aliphatic carbocycles. The highest BCUT2D eigenvalue weighted by Crippen LogP contribution is 2.15. The van der Waals surface area contributed by atoms with E-state index in [1.54, 1.807) is 29.3 Å². The first-order valence-corrected chi connectivity index (χ1v) is 12.1. The van der Waals surface area contributed by atoms with Crippen LogP contribution < -0.4 is 5.56 Å². The summed E-state index contributed by atoms with van der Waals surface area (Å²) in [7, 11) is -3.47. The molecule has 1 fully saturated rings. The second-order valence-corrected chi connectivity index (χ2v) is 9.74. The van der Waals surface area contributed by atoms with Crippen LogP contribution in [0.3, 0.4) is 0 Å². The Balaban J connectivity index is 1.42. The van der Waals surface area contributed by atoms with E-state index in [4.69, 9.17) is 0 Å². The van der Waals surface area contributed by atoms with Crippen LogP contribution in [0, 0.1) is 0 Å². The zero-order chi connectivity index (χ0) is 22.6. The molecule has 0 spiro atoms. The number of amides is 1. The maximum Gasteiger partial charge on any atom is 0.263 e. The van der Waals surface area contributed by atoms with Crippen LogP contribution in [0.1, 0.15) is 21.5 Å². The molecule has 1 aromatic heterocycles. The monoisotopic (exact) mass is 451 g/mol. The minimum atomic E-state index is -3.47. The smallest absolute Gasteiger partial charge is 0.263 e. The summed E-state index contributed by atoms with van der Waals surface area (Å²) in [6.45, 7) is 1.31. The minimum absolute atomic E-state index is 0.0648. The number of pyridine rings is 1. The molecule has 2 heterocycles. The van der Waals surface area contributed by atoms with E-state index >= 15 is 0 Å². The van der Waals surface area contributed by atoms with E-state index in [2.05, 4.69) is 0 Å². The summed E-state index contributed by atoms with van der Waals surface area (Å²) in [4.78, 5) is 27.5. The molecule has 1 amide bonds. The first-order chi connectivity index (χ1) is 15.4. The average molecular weight is 452 g/mol. The van der Waals surface area contributed by atoms with Gasteiger partial charge in [-0.25, -0.2) is 8.42 Å². The van der Waals surface area contributed by atoms with Crippen LogP contribution >= 0.6 is 0 Å². The van der Waals surface area contributed by atoms with Crippen molar-refractivity contribution in [2.75, 3.05) is 26.2 Å². The molecule has 0 radical (unpaired) electrons. The fourth-order valence-electron chi connectivity index (χ4n) is 3.82. The normalized spacial score (nSPS) is 14.9. The van der Waals surface area contributed by atoms with Crippen molar-refractivity contribution >= 4 is 15.9 Å². The maximum absolute atomic E-state index is 13.0. The van der Waals surface area contributed by atoms with Gasteiger partial charge in [0.15, 0.2) is 0 Å². The summed E-state index contributed by atoms with van der Waals surface area (Å²) in [5, 5.41) is 0. The van der Waals surface area contributed by atoms with Crippen LogP contribution in [0.2, 0.25) is 0 Å². The van der Waals surface area contributed by atoms with Crippen molar-refractivity contribution in [3.8, 4) is 0 Å². The first kappa shape index (κ1) is 22.0. The van der Waals surface area contributed by atoms with Gasteiger partial charge in [0.05, 0.1) is 12.3 Å². The molecular formula is C24H25N3O4S. The fraction of sp³-hybridized carbons (Fsp3) is 0.250. The standard InChI is InChI=1S/C24H25N3O4S/c28-23(22-12-7-13-26(24(22)29)18-20-8-3-1-4-9-20)25-14-16-27(17-15-25)32(30,31)19-21-10-5-2-6-11-21/h1-13H,14-19H2. The van der Waals surface area contributed by atoms with Gasteiger partial charge in [-0.15, -0.1) is 0 Å². The zero-order valence-corrected chi connectivity index (χ0v) is 18.4.